The van der Waals surface area contributed by atoms with Crippen LogP contribution in [0.1, 0.15) is 11.1 Å². The monoisotopic (exact) mass is 268 g/mol. The maximum Gasteiger partial charge on any atom is 0.212 e. The lowest BCUT2D eigenvalue weighted by Gasteiger charge is -2.07. The number of methoxy groups -OCH3 is 1. The summed E-state index contributed by atoms with van der Waals surface area (Å²) in [7, 11) is 1.60. The molecule has 0 saturated heterocycles. The standard InChI is InChI=1S/C15H16N4O/c1-10-3-5-12-13(7-10)19(15(16)18-12)9-11-4-6-14(20-2)17-8-11/h3-8H,9H2,1-2H3,(H2,16,18). The van der Waals surface area contributed by atoms with Crippen LogP contribution in [0.3, 0.4) is 0 Å². The molecule has 0 radical (unpaired) electrons. The van der Waals surface area contributed by atoms with Gasteiger partial charge in [0.15, 0.2) is 0 Å². The minimum absolute atomic E-state index is 0.515. The molecule has 0 fully saturated rings. The second kappa shape index (κ2) is 4.85. The molecule has 1 aromatic carbocycles. The normalized spacial score (nSPS) is 10.9. The third-order valence-electron chi connectivity index (χ3n) is 3.28. The molecule has 0 unspecified atom stereocenters. The van der Waals surface area contributed by atoms with Crippen molar-refractivity contribution in [2.75, 3.05) is 12.8 Å². The van der Waals surface area contributed by atoms with Crippen LogP contribution in [-0.4, -0.2) is 21.6 Å². The first-order valence-electron chi connectivity index (χ1n) is 6.38. The molecule has 0 aliphatic carbocycles. The molecular weight excluding hydrogens is 252 g/mol. The maximum atomic E-state index is 6.01. The van der Waals surface area contributed by atoms with Gasteiger partial charge in [-0.2, -0.15) is 0 Å². The van der Waals surface area contributed by atoms with Crippen molar-refractivity contribution in [3.8, 4) is 5.88 Å². The molecule has 0 atom stereocenters. The van der Waals surface area contributed by atoms with Gasteiger partial charge in [-0.1, -0.05) is 12.1 Å². The number of fused-ring (bicyclic) bond motifs is 1. The van der Waals surface area contributed by atoms with Gasteiger partial charge in [0.25, 0.3) is 0 Å². The van der Waals surface area contributed by atoms with Crippen molar-refractivity contribution in [3.63, 3.8) is 0 Å². The molecule has 102 valence electrons. The first kappa shape index (κ1) is 12.5. The first-order valence-corrected chi connectivity index (χ1v) is 6.38. The third kappa shape index (κ3) is 2.18. The number of hydrogen-bond acceptors (Lipinski definition) is 4. The minimum atomic E-state index is 0.515. The number of hydrogen-bond donors (Lipinski definition) is 1. The van der Waals surface area contributed by atoms with Crippen LogP contribution < -0.4 is 10.5 Å². The van der Waals surface area contributed by atoms with Gasteiger partial charge in [0.05, 0.1) is 24.7 Å². The SMILES string of the molecule is COc1ccc(Cn2c(N)nc3ccc(C)cc32)cn1. The number of benzene rings is 1. The minimum Gasteiger partial charge on any atom is -0.481 e. The van der Waals surface area contributed by atoms with E-state index in [1.54, 1.807) is 13.3 Å². The second-order valence-corrected chi connectivity index (χ2v) is 4.76. The van der Waals surface area contributed by atoms with Gasteiger partial charge >= 0.3 is 0 Å². The van der Waals surface area contributed by atoms with Crippen LogP contribution in [0.2, 0.25) is 0 Å². The van der Waals surface area contributed by atoms with E-state index >= 15 is 0 Å². The fourth-order valence-electron chi connectivity index (χ4n) is 2.23. The Morgan fingerprint density at radius 3 is 2.80 bits per heavy atom. The molecule has 2 heterocycles. The van der Waals surface area contributed by atoms with Gasteiger partial charge < -0.3 is 15.0 Å². The zero-order chi connectivity index (χ0) is 14.1. The van der Waals surface area contributed by atoms with E-state index < -0.39 is 0 Å². The Kier molecular flexibility index (Phi) is 3.02. The number of imidazole rings is 1. The second-order valence-electron chi connectivity index (χ2n) is 4.76. The lowest BCUT2D eigenvalue weighted by Crippen LogP contribution is -2.05. The predicted molar refractivity (Wildman–Crippen MR) is 78.8 cm³/mol. The summed E-state index contributed by atoms with van der Waals surface area (Å²) >= 11 is 0. The van der Waals surface area contributed by atoms with Gasteiger partial charge in [-0.15, -0.1) is 0 Å². The van der Waals surface area contributed by atoms with Crippen molar-refractivity contribution in [2.45, 2.75) is 13.5 Å². The summed E-state index contributed by atoms with van der Waals surface area (Å²) < 4.78 is 7.05. The highest BCUT2D eigenvalue weighted by Gasteiger charge is 2.09. The maximum absolute atomic E-state index is 6.01. The van der Waals surface area contributed by atoms with Crippen molar-refractivity contribution < 1.29 is 4.74 Å². The number of nitrogens with two attached hydrogens (primary N) is 1. The van der Waals surface area contributed by atoms with E-state index in [9.17, 15) is 0 Å². The van der Waals surface area contributed by atoms with Crippen LogP contribution >= 0.6 is 0 Å². The molecule has 2 N–H and O–H groups in total. The highest BCUT2D eigenvalue weighted by atomic mass is 16.5. The van der Waals surface area contributed by atoms with Crippen LogP contribution in [0, 0.1) is 6.92 Å². The molecule has 0 aliphatic heterocycles. The summed E-state index contributed by atoms with van der Waals surface area (Å²) in [6.07, 6.45) is 1.79. The lowest BCUT2D eigenvalue weighted by molar-refractivity contribution is 0.397. The van der Waals surface area contributed by atoms with Crippen molar-refractivity contribution >= 4 is 17.0 Å². The Bertz CT molecular complexity index is 746. The van der Waals surface area contributed by atoms with Crippen molar-refractivity contribution in [3.05, 3.63) is 47.7 Å². The van der Waals surface area contributed by atoms with Crippen LogP contribution in [0.5, 0.6) is 5.88 Å². The highest BCUT2D eigenvalue weighted by Crippen LogP contribution is 2.21. The van der Waals surface area contributed by atoms with E-state index in [1.807, 2.05) is 28.8 Å². The van der Waals surface area contributed by atoms with Gasteiger partial charge in [0.1, 0.15) is 0 Å². The average Bonchev–Trinajstić information content (AvgIpc) is 2.76. The van der Waals surface area contributed by atoms with E-state index in [0.29, 0.717) is 18.4 Å². The summed E-state index contributed by atoms with van der Waals surface area (Å²) in [5, 5.41) is 0. The molecule has 5 heteroatoms. The Morgan fingerprint density at radius 1 is 1.25 bits per heavy atom. The van der Waals surface area contributed by atoms with Gasteiger partial charge in [0, 0.05) is 12.3 Å². The van der Waals surface area contributed by atoms with Crippen molar-refractivity contribution in [1.29, 1.82) is 0 Å². The number of rotatable bonds is 3. The van der Waals surface area contributed by atoms with E-state index in [1.165, 1.54) is 5.56 Å². The topological polar surface area (TPSA) is 66.0 Å². The van der Waals surface area contributed by atoms with Crippen molar-refractivity contribution in [1.82, 2.24) is 14.5 Å². The molecule has 20 heavy (non-hydrogen) atoms. The van der Waals surface area contributed by atoms with E-state index in [0.717, 1.165) is 16.6 Å². The van der Waals surface area contributed by atoms with Gasteiger partial charge in [0.2, 0.25) is 11.8 Å². The van der Waals surface area contributed by atoms with E-state index in [2.05, 4.69) is 23.0 Å². The predicted octanol–water partition coefficient (Wildman–Crippen LogP) is 2.38. The number of aryl methyl sites for hydroxylation is 1. The lowest BCUT2D eigenvalue weighted by atomic mass is 10.2. The van der Waals surface area contributed by atoms with Gasteiger partial charge in [-0.25, -0.2) is 9.97 Å². The molecule has 5 nitrogen and oxygen atoms in total. The smallest absolute Gasteiger partial charge is 0.212 e. The fraction of sp³-hybridized carbons (Fsp3) is 0.200. The summed E-state index contributed by atoms with van der Waals surface area (Å²) in [5.41, 5.74) is 10.2. The quantitative estimate of drug-likeness (QED) is 0.792. The molecular formula is C15H16N4O. The fourth-order valence-corrected chi connectivity index (χ4v) is 2.23. The summed E-state index contributed by atoms with van der Waals surface area (Å²) in [5.74, 6) is 1.12. The summed E-state index contributed by atoms with van der Waals surface area (Å²) in [6, 6.07) is 9.94. The highest BCUT2D eigenvalue weighted by molar-refractivity contribution is 5.79. The first-order chi connectivity index (χ1) is 9.67. The summed E-state index contributed by atoms with van der Waals surface area (Å²) in [4.78, 5) is 8.59. The zero-order valence-corrected chi connectivity index (χ0v) is 11.5. The van der Waals surface area contributed by atoms with Gasteiger partial charge in [-0.3, -0.25) is 0 Å². The number of nitrogen functional groups attached to an aromatic ring is 1. The number of pyridine rings is 1. The van der Waals surface area contributed by atoms with Crippen LogP contribution in [0.4, 0.5) is 5.95 Å². The molecule has 0 saturated carbocycles. The third-order valence-corrected chi connectivity index (χ3v) is 3.28. The van der Waals surface area contributed by atoms with Gasteiger partial charge in [-0.05, 0) is 30.2 Å². The van der Waals surface area contributed by atoms with Crippen molar-refractivity contribution in [2.24, 2.45) is 0 Å². The number of nitrogens with zero attached hydrogens (tertiary/aromatic N) is 3. The Hall–Kier alpha value is -2.56. The summed E-state index contributed by atoms with van der Waals surface area (Å²) in [6.45, 7) is 2.70. The molecule has 3 rings (SSSR count). The largest absolute Gasteiger partial charge is 0.481 e. The van der Waals surface area contributed by atoms with E-state index in [4.69, 9.17) is 10.5 Å². The molecule has 0 spiro atoms. The van der Waals surface area contributed by atoms with Crippen LogP contribution in [0.15, 0.2) is 36.5 Å². The Labute approximate surface area is 117 Å². The average molecular weight is 268 g/mol. The number of aromatic nitrogens is 3. The van der Waals surface area contributed by atoms with Crippen LogP contribution in [-0.2, 0) is 6.54 Å². The molecule has 2 aromatic heterocycles. The number of anilines is 1. The Balaban J connectivity index is 2.00. The van der Waals surface area contributed by atoms with Crippen LogP contribution in [0.25, 0.3) is 11.0 Å². The molecule has 0 bridgehead atoms. The molecule has 0 aliphatic rings. The van der Waals surface area contributed by atoms with E-state index in [-0.39, 0.29) is 0 Å². The number of ether oxygens (including phenoxy) is 1. The Morgan fingerprint density at radius 2 is 2.10 bits per heavy atom. The molecule has 3 aromatic rings. The zero-order valence-electron chi connectivity index (χ0n) is 11.5. The molecule has 0 amide bonds.